The van der Waals surface area contributed by atoms with Crippen LogP contribution in [0.25, 0.3) is 0 Å². The lowest BCUT2D eigenvalue weighted by Gasteiger charge is -2.43. The average molecular weight is 385 g/mol. The van der Waals surface area contributed by atoms with Gasteiger partial charge in [0.05, 0.1) is 6.10 Å². The molecule has 0 spiro atoms. The van der Waals surface area contributed by atoms with Gasteiger partial charge < -0.3 is 5.11 Å². The average Bonchev–Trinajstić information content (AvgIpc) is 2.99. The third-order valence-corrected chi connectivity index (χ3v) is 8.34. The highest BCUT2D eigenvalue weighted by atomic mass is 16.3. The first-order valence-corrected chi connectivity index (χ1v) is 12.1. The zero-order valence-electron chi connectivity index (χ0n) is 19.1. The minimum atomic E-state index is -0.142. The summed E-state index contributed by atoms with van der Waals surface area (Å²) in [6.07, 6.45) is 19.5. The molecule has 1 fully saturated rings. The molecule has 1 unspecified atom stereocenters. The highest BCUT2D eigenvalue weighted by Crippen LogP contribution is 2.58. The van der Waals surface area contributed by atoms with Crippen molar-refractivity contribution < 1.29 is 5.11 Å². The maximum absolute atomic E-state index is 10.0. The van der Waals surface area contributed by atoms with Crippen LogP contribution in [0.1, 0.15) is 98.8 Å². The van der Waals surface area contributed by atoms with E-state index in [0.29, 0.717) is 5.41 Å². The van der Waals surface area contributed by atoms with E-state index in [9.17, 15) is 5.11 Å². The summed E-state index contributed by atoms with van der Waals surface area (Å²) in [6.45, 7) is 12.1. The van der Waals surface area contributed by atoms with Gasteiger partial charge in [0, 0.05) is 0 Å². The van der Waals surface area contributed by atoms with Gasteiger partial charge in [-0.3, -0.25) is 0 Å². The van der Waals surface area contributed by atoms with Crippen molar-refractivity contribution in [2.24, 2.45) is 29.1 Å². The fourth-order valence-corrected chi connectivity index (χ4v) is 6.51. The molecule has 3 aliphatic carbocycles. The summed E-state index contributed by atoms with van der Waals surface area (Å²) in [7, 11) is 0. The van der Waals surface area contributed by atoms with Crippen LogP contribution >= 0.6 is 0 Å². The van der Waals surface area contributed by atoms with Gasteiger partial charge in [0.25, 0.3) is 0 Å². The smallest absolute Gasteiger partial charge is 0.0583 e. The molecule has 1 heteroatoms. The molecule has 0 aromatic carbocycles. The highest BCUT2D eigenvalue weighted by molar-refractivity contribution is 5.36. The molecule has 158 valence electrons. The van der Waals surface area contributed by atoms with Crippen molar-refractivity contribution in [1.29, 1.82) is 0 Å². The lowest BCUT2D eigenvalue weighted by Crippen LogP contribution is -2.35. The van der Waals surface area contributed by atoms with Gasteiger partial charge in [-0.15, -0.1) is 0 Å². The largest absolute Gasteiger partial charge is 0.393 e. The zero-order valence-corrected chi connectivity index (χ0v) is 19.1. The minimum absolute atomic E-state index is 0.142. The van der Waals surface area contributed by atoms with E-state index in [2.05, 4.69) is 52.8 Å². The van der Waals surface area contributed by atoms with Crippen LogP contribution in [0.2, 0.25) is 0 Å². The molecule has 5 atom stereocenters. The van der Waals surface area contributed by atoms with Crippen molar-refractivity contribution in [1.82, 2.24) is 0 Å². The Balaban J connectivity index is 1.67. The van der Waals surface area contributed by atoms with Crippen LogP contribution in [0, 0.1) is 29.1 Å². The molecule has 0 bridgehead atoms. The number of aliphatic hydroxyl groups is 1. The second kappa shape index (κ2) is 9.33. The lowest BCUT2D eigenvalue weighted by atomic mass is 9.62. The van der Waals surface area contributed by atoms with E-state index in [0.717, 1.165) is 42.9 Å². The summed E-state index contributed by atoms with van der Waals surface area (Å²) < 4.78 is 0. The summed E-state index contributed by atoms with van der Waals surface area (Å²) in [5.74, 6) is 3.32. The molecular formula is C27H44O. The Bertz CT molecular complexity index is 622. The van der Waals surface area contributed by atoms with Gasteiger partial charge in [-0.25, -0.2) is 0 Å². The second-order valence-corrected chi connectivity index (χ2v) is 10.8. The standard InChI is InChI=1S/C27H44O/c1-19(2)8-6-9-21(4)25-15-16-26-22(10-7-17-27(25,26)5)12-13-23-18-24(28)14-11-20(23)3/h10,12-13,19,21,24-26,28H,6-9,11,14-18H2,1-5H3/t21-,24+,25-,26?,27-/m1/s1. The molecule has 1 N–H and O–H groups in total. The SMILES string of the molecule is CC1=C(C=CC2=CCC[C@@]3(C)C2CC[C@@H]3[C@H](C)CCCC(C)C)C[C@@H](O)CC1. The summed E-state index contributed by atoms with van der Waals surface area (Å²) in [5, 5.41) is 10.0. The predicted octanol–water partition coefficient (Wildman–Crippen LogP) is 7.62. The first-order valence-electron chi connectivity index (χ1n) is 12.1. The van der Waals surface area contributed by atoms with Crippen molar-refractivity contribution in [3.05, 3.63) is 34.9 Å². The maximum atomic E-state index is 10.0. The van der Waals surface area contributed by atoms with Crippen molar-refractivity contribution >= 4 is 0 Å². The number of fused-ring (bicyclic) bond motifs is 1. The van der Waals surface area contributed by atoms with Gasteiger partial charge in [0.2, 0.25) is 0 Å². The summed E-state index contributed by atoms with van der Waals surface area (Å²) in [6, 6.07) is 0. The Morgan fingerprint density at radius 3 is 2.68 bits per heavy atom. The van der Waals surface area contributed by atoms with Crippen molar-refractivity contribution in [3.63, 3.8) is 0 Å². The first-order chi connectivity index (χ1) is 13.3. The van der Waals surface area contributed by atoms with Crippen LogP contribution < -0.4 is 0 Å². The number of allylic oxidation sites excluding steroid dienone is 5. The van der Waals surface area contributed by atoms with Gasteiger partial charge in [0.1, 0.15) is 0 Å². The van der Waals surface area contributed by atoms with Crippen LogP contribution in [-0.4, -0.2) is 11.2 Å². The van der Waals surface area contributed by atoms with Gasteiger partial charge in [-0.05, 0) is 92.1 Å². The summed E-state index contributed by atoms with van der Waals surface area (Å²) >= 11 is 0. The Labute approximate surface area is 174 Å². The summed E-state index contributed by atoms with van der Waals surface area (Å²) in [5.41, 5.74) is 4.93. The van der Waals surface area contributed by atoms with Crippen molar-refractivity contribution in [2.45, 2.75) is 105 Å². The molecule has 1 nitrogen and oxygen atoms in total. The zero-order chi connectivity index (χ0) is 20.3. The monoisotopic (exact) mass is 384 g/mol. The van der Waals surface area contributed by atoms with Gasteiger partial charge in [-0.1, -0.05) is 70.8 Å². The predicted molar refractivity (Wildman–Crippen MR) is 121 cm³/mol. The number of hydrogen-bond acceptors (Lipinski definition) is 1. The van der Waals surface area contributed by atoms with Crippen LogP contribution in [-0.2, 0) is 0 Å². The van der Waals surface area contributed by atoms with Crippen LogP contribution in [0.3, 0.4) is 0 Å². The van der Waals surface area contributed by atoms with Crippen molar-refractivity contribution in [3.8, 4) is 0 Å². The molecule has 1 saturated carbocycles. The number of hydrogen-bond donors (Lipinski definition) is 1. The molecule has 0 saturated heterocycles. The van der Waals surface area contributed by atoms with E-state index < -0.39 is 0 Å². The molecule has 0 aliphatic heterocycles. The number of rotatable bonds is 7. The van der Waals surface area contributed by atoms with E-state index in [1.165, 1.54) is 56.1 Å². The molecule has 3 rings (SSSR count). The van der Waals surface area contributed by atoms with Crippen molar-refractivity contribution in [2.75, 3.05) is 0 Å². The van der Waals surface area contributed by atoms with Gasteiger partial charge in [0.15, 0.2) is 0 Å². The second-order valence-electron chi connectivity index (χ2n) is 10.8. The maximum Gasteiger partial charge on any atom is 0.0583 e. The third kappa shape index (κ3) is 4.84. The van der Waals surface area contributed by atoms with E-state index in [4.69, 9.17) is 0 Å². The molecule has 0 aromatic rings. The fraction of sp³-hybridized carbons (Fsp3) is 0.778. The Morgan fingerprint density at radius 2 is 1.93 bits per heavy atom. The molecule has 0 aromatic heterocycles. The molecule has 0 radical (unpaired) electrons. The Kier molecular flexibility index (Phi) is 7.29. The molecule has 0 amide bonds. The molecular weight excluding hydrogens is 340 g/mol. The van der Waals surface area contributed by atoms with E-state index >= 15 is 0 Å². The van der Waals surface area contributed by atoms with Crippen LogP contribution in [0.15, 0.2) is 34.9 Å². The molecule has 3 aliphatic rings. The lowest BCUT2D eigenvalue weighted by molar-refractivity contribution is 0.107. The number of aliphatic hydroxyl groups excluding tert-OH is 1. The van der Waals surface area contributed by atoms with Crippen LogP contribution in [0.4, 0.5) is 0 Å². The van der Waals surface area contributed by atoms with Crippen LogP contribution in [0.5, 0.6) is 0 Å². The summed E-state index contributed by atoms with van der Waals surface area (Å²) in [4.78, 5) is 0. The Hall–Kier alpha value is -0.820. The minimum Gasteiger partial charge on any atom is -0.393 e. The van der Waals surface area contributed by atoms with E-state index in [1.54, 1.807) is 5.57 Å². The van der Waals surface area contributed by atoms with E-state index in [-0.39, 0.29) is 6.10 Å². The third-order valence-electron chi connectivity index (χ3n) is 8.34. The highest BCUT2D eigenvalue weighted by Gasteiger charge is 2.49. The molecule has 0 heterocycles. The topological polar surface area (TPSA) is 20.2 Å². The normalized spacial score (nSPS) is 34.8. The quantitative estimate of drug-likeness (QED) is 0.478. The first kappa shape index (κ1) is 21.9. The fourth-order valence-electron chi connectivity index (χ4n) is 6.51. The molecule has 28 heavy (non-hydrogen) atoms. The Morgan fingerprint density at radius 1 is 1.14 bits per heavy atom. The van der Waals surface area contributed by atoms with Gasteiger partial charge >= 0.3 is 0 Å². The van der Waals surface area contributed by atoms with Gasteiger partial charge in [-0.2, -0.15) is 0 Å². The van der Waals surface area contributed by atoms with E-state index in [1.807, 2.05) is 0 Å².